The molecule has 0 bridgehead atoms. The molecule has 0 N–H and O–H groups in total. The monoisotopic (exact) mass is 213 g/mol. The summed E-state index contributed by atoms with van der Waals surface area (Å²) in [6.07, 6.45) is 3.67. The van der Waals surface area contributed by atoms with Crippen molar-refractivity contribution in [2.24, 2.45) is 0 Å². The third-order valence-corrected chi connectivity index (χ3v) is 2.43. The number of anilines is 1. The van der Waals surface area contributed by atoms with Crippen molar-refractivity contribution in [1.29, 1.82) is 0 Å². The summed E-state index contributed by atoms with van der Waals surface area (Å²) in [5.41, 5.74) is 4.11. The van der Waals surface area contributed by atoms with E-state index in [4.69, 9.17) is 0 Å². The lowest BCUT2D eigenvalue weighted by molar-refractivity contribution is 1.12. The van der Waals surface area contributed by atoms with E-state index in [1.807, 2.05) is 57.7 Å². The zero-order valence-electron chi connectivity index (χ0n) is 9.81. The molecule has 0 amide bonds. The van der Waals surface area contributed by atoms with Gasteiger partial charge >= 0.3 is 0 Å². The Hall–Kier alpha value is -1.90. The first kappa shape index (κ1) is 10.6. The van der Waals surface area contributed by atoms with Crippen LogP contribution in [0.3, 0.4) is 0 Å². The van der Waals surface area contributed by atoms with Gasteiger partial charge in [0.1, 0.15) is 0 Å². The summed E-state index contributed by atoms with van der Waals surface area (Å²) in [6, 6.07) is 8.07. The van der Waals surface area contributed by atoms with Crippen molar-refractivity contribution >= 4 is 5.69 Å². The van der Waals surface area contributed by atoms with Crippen LogP contribution in [-0.4, -0.2) is 24.1 Å². The van der Waals surface area contributed by atoms with Crippen molar-refractivity contribution in [3.05, 3.63) is 42.2 Å². The molecule has 2 rings (SSSR count). The van der Waals surface area contributed by atoms with Gasteiger partial charge in [-0.15, -0.1) is 0 Å². The molecule has 0 aliphatic heterocycles. The molecule has 0 saturated heterocycles. The SMILES string of the molecule is Cc1ccc(-c2cc(N(C)C)ccn2)nc1. The maximum atomic E-state index is 4.37. The molecule has 0 spiro atoms. The van der Waals surface area contributed by atoms with Gasteiger partial charge in [-0.1, -0.05) is 6.07 Å². The number of hydrogen-bond donors (Lipinski definition) is 0. The maximum absolute atomic E-state index is 4.37. The van der Waals surface area contributed by atoms with Crippen molar-refractivity contribution in [3.63, 3.8) is 0 Å². The summed E-state index contributed by atoms with van der Waals surface area (Å²) in [5, 5.41) is 0. The van der Waals surface area contributed by atoms with E-state index in [1.54, 1.807) is 0 Å². The molecule has 0 fully saturated rings. The van der Waals surface area contributed by atoms with E-state index in [9.17, 15) is 0 Å². The van der Waals surface area contributed by atoms with Crippen LogP contribution in [0.25, 0.3) is 11.4 Å². The number of pyridine rings is 2. The minimum Gasteiger partial charge on any atom is -0.378 e. The zero-order valence-corrected chi connectivity index (χ0v) is 9.81. The molecular weight excluding hydrogens is 198 g/mol. The molecule has 2 aromatic rings. The minimum absolute atomic E-state index is 0.909. The standard InChI is InChI=1S/C13H15N3/c1-10-4-5-12(15-9-10)13-8-11(16(2)3)6-7-14-13/h4-9H,1-3H3. The Labute approximate surface area is 95.8 Å². The average Bonchev–Trinajstić information content (AvgIpc) is 2.30. The number of nitrogens with zero attached hydrogens (tertiary/aromatic N) is 3. The van der Waals surface area contributed by atoms with Crippen LogP contribution < -0.4 is 4.90 Å². The molecule has 0 radical (unpaired) electrons. The molecule has 82 valence electrons. The summed E-state index contributed by atoms with van der Waals surface area (Å²) in [4.78, 5) is 10.8. The summed E-state index contributed by atoms with van der Waals surface area (Å²) < 4.78 is 0. The first-order valence-electron chi connectivity index (χ1n) is 5.23. The molecule has 0 aliphatic rings. The van der Waals surface area contributed by atoms with E-state index in [0.29, 0.717) is 0 Å². The van der Waals surface area contributed by atoms with Crippen molar-refractivity contribution in [2.45, 2.75) is 6.92 Å². The van der Waals surface area contributed by atoms with E-state index < -0.39 is 0 Å². The Kier molecular flexibility index (Phi) is 2.86. The fourth-order valence-electron chi connectivity index (χ4n) is 1.46. The van der Waals surface area contributed by atoms with E-state index in [2.05, 4.69) is 14.9 Å². The van der Waals surface area contributed by atoms with Crippen LogP contribution in [0.1, 0.15) is 5.56 Å². The van der Waals surface area contributed by atoms with E-state index in [0.717, 1.165) is 22.6 Å². The zero-order chi connectivity index (χ0) is 11.5. The highest BCUT2D eigenvalue weighted by atomic mass is 15.1. The van der Waals surface area contributed by atoms with Gasteiger partial charge in [0.2, 0.25) is 0 Å². The Morgan fingerprint density at radius 1 is 1.00 bits per heavy atom. The van der Waals surface area contributed by atoms with Gasteiger partial charge in [-0.05, 0) is 30.7 Å². The molecule has 0 atom stereocenters. The Morgan fingerprint density at radius 3 is 2.44 bits per heavy atom. The molecule has 16 heavy (non-hydrogen) atoms. The Bertz CT molecular complexity index is 475. The van der Waals surface area contributed by atoms with Gasteiger partial charge in [0.25, 0.3) is 0 Å². The molecule has 3 heteroatoms. The lowest BCUT2D eigenvalue weighted by Crippen LogP contribution is -2.08. The van der Waals surface area contributed by atoms with Crippen LogP contribution in [0, 0.1) is 6.92 Å². The molecule has 0 aliphatic carbocycles. The summed E-state index contributed by atoms with van der Waals surface area (Å²) in [6.45, 7) is 2.03. The van der Waals surface area contributed by atoms with Gasteiger partial charge in [0.05, 0.1) is 11.4 Å². The first-order valence-corrected chi connectivity index (χ1v) is 5.23. The number of aromatic nitrogens is 2. The van der Waals surface area contributed by atoms with Crippen LogP contribution in [0.2, 0.25) is 0 Å². The van der Waals surface area contributed by atoms with Crippen LogP contribution in [0.15, 0.2) is 36.7 Å². The third-order valence-electron chi connectivity index (χ3n) is 2.43. The lowest BCUT2D eigenvalue weighted by atomic mass is 10.2. The van der Waals surface area contributed by atoms with Gasteiger partial charge in [-0.3, -0.25) is 9.97 Å². The van der Waals surface area contributed by atoms with Gasteiger partial charge in [0.15, 0.2) is 0 Å². The van der Waals surface area contributed by atoms with E-state index in [1.165, 1.54) is 0 Å². The predicted molar refractivity (Wildman–Crippen MR) is 66.5 cm³/mol. The van der Waals surface area contributed by atoms with Gasteiger partial charge in [-0.2, -0.15) is 0 Å². The molecule has 3 nitrogen and oxygen atoms in total. The highest BCUT2D eigenvalue weighted by Gasteiger charge is 2.02. The lowest BCUT2D eigenvalue weighted by Gasteiger charge is -2.12. The first-order chi connectivity index (χ1) is 7.66. The van der Waals surface area contributed by atoms with Crippen LogP contribution in [-0.2, 0) is 0 Å². The summed E-state index contributed by atoms with van der Waals surface area (Å²) >= 11 is 0. The largest absolute Gasteiger partial charge is 0.378 e. The summed E-state index contributed by atoms with van der Waals surface area (Å²) in [5.74, 6) is 0. The number of aryl methyl sites for hydroxylation is 1. The van der Waals surface area contributed by atoms with Gasteiger partial charge in [0, 0.05) is 32.2 Å². The topological polar surface area (TPSA) is 29.0 Å². The number of rotatable bonds is 2. The fourth-order valence-corrected chi connectivity index (χ4v) is 1.46. The predicted octanol–water partition coefficient (Wildman–Crippen LogP) is 2.52. The third kappa shape index (κ3) is 2.19. The highest BCUT2D eigenvalue weighted by molar-refractivity contribution is 5.60. The molecule has 0 unspecified atom stereocenters. The van der Waals surface area contributed by atoms with Crippen LogP contribution in [0.5, 0.6) is 0 Å². The van der Waals surface area contributed by atoms with Crippen molar-refractivity contribution in [2.75, 3.05) is 19.0 Å². The summed E-state index contributed by atoms with van der Waals surface area (Å²) in [7, 11) is 4.03. The molecule has 2 aromatic heterocycles. The normalized spacial score (nSPS) is 10.2. The fraction of sp³-hybridized carbons (Fsp3) is 0.231. The number of hydrogen-bond acceptors (Lipinski definition) is 3. The van der Waals surface area contributed by atoms with Crippen molar-refractivity contribution < 1.29 is 0 Å². The second-order valence-electron chi connectivity index (χ2n) is 4.01. The van der Waals surface area contributed by atoms with E-state index in [-0.39, 0.29) is 0 Å². The molecular formula is C13H15N3. The Morgan fingerprint density at radius 2 is 1.81 bits per heavy atom. The van der Waals surface area contributed by atoms with Crippen LogP contribution in [0.4, 0.5) is 5.69 Å². The van der Waals surface area contributed by atoms with Crippen molar-refractivity contribution in [1.82, 2.24) is 9.97 Å². The Balaban J connectivity index is 2.40. The maximum Gasteiger partial charge on any atom is 0.0906 e. The second-order valence-corrected chi connectivity index (χ2v) is 4.01. The van der Waals surface area contributed by atoms with E-state index >= 15 is 0 Å². The quantitative estimate of drug-likeness (QED) is 0.767. The van der Waals surface area contributed by atoms with Crippen molar-refractivity contribution in [3.8, 4) is 11.4 Å². The van der Waals surface area contributed by atoms with Gasteiger partial charge in [-0.25, -0.2) is 0 Å². The second kappa shape index (κ2) is 4.31. The molecule has 0 aromatic carbocycles. The average molecular weight is 213 g/mol. The minimum atomic E-state index is 0.909. The van der Waals surface area contributed by atoms with Gasteiger partial charge < -0.3 is 4.90 Å². The van der Waals surface area contributed by atoms with Crippen LogP contribution >= 0.6 is 0 Å². The molecule has 2 heterocycles. The smallest absolute Gasteiger partial charge is 0.0906 e. The highest BCUT2D eigenvalue weighted by Crippen LogP contribution is 2.19. The molecule has 0 saturated carbocycles.